The zero-order valence-electron chi connectivity index (χ0n) is 13.8. The van der Waals surface area contributed by atoms with E-state index in [0.717, 1.165) is 18.6 Å². The van der Waals surface area contributed by atoms with E-state index in [9.17, 15) is 9.90 Å². The fourth-order valence-electron chi connectivity index (χ4n) is 1.93. The van der Waals surface area contributed by atoms with E-state index in [4.69, 9.17) is 4.74 Å². The smallest absolute Gasteiger partial charge is 0.216 e. The lowest BCUT2D eigenvalue weighted by atomic mass is 10.1. The molecule has 0 saturated heterocycles. The van der Waals surface area contributed by atoms with Crippen LogP contribution in [0.25, 0.3) is 0 Å². The van der Waals surface area contributed by atoms with Gasteiger partial charge in [0, 0.05) is 26.1 Å². The summed E-state index contributed by atoms with van der Waals surface area (Å²) < 4.78 is 5.57. The number of carbonyl (C=O) groups is 1. The number of nitrogens with one attached hydrogen (secondary N) is 2. The van der Waals surface area contributed by atoms with E-state index in [1.54, 1.807) is 0 Å². The van der Waals surface area contributed by atoms with Gasteiger partial charge in [0.25, 0.3) is 0 Å². The minimum atomic E-state index is -0.514. The molecule has 1 unspecified atom stereocenters. The molecule has 1 aromatic carbocycles. The van der Waals surface area contributed by atoms with Gasteiger partial charge in [0.2, 0.25) is 5.91 Å². The van der Waals surface area contributed by atoms with Crippen LogP contribution in [-0.2, 0) is 11.2 Å². The van der Waals surface area contributed by atoms with Crippen LogP contribution in [-0.4, -0.2) is 42.9 Å². The van der Waals surface area contributed by atoms with E-state index in [2.05, 4.69) is 10.6 Å². The summed E-state index contributed by atoms with van der Waals surface area (Å²) in [7, 11) is 0. The standard InChI is InChI=1S/C17H28N2O3/c1-13(2)19-11-16(21)12-22-17-8-6-15(7-9-17)5-4-10-18-14(3)20/h6-9,13,16,19,21H,4-5,10-12H2,1-3H3,(H,18,20). The van der Waals surface area contributed by atoms with Crippen molar-refractivity contribution < 1.29 is 14.6 Å². The molecule has 0 aliphatic heterocycles. The summed E-state index contributed by atoms with van der Waals surface area (Å²) in [6, 6.07) is 8.21. The second-order valence-electron chi connectivity index (χ2n) is 5.76. The maximum Gasteiger partial charge on any atom is 0.216 e. The van der Waals surface area contributed by atoms with Crippen molar-refractivity contribution in [1.82, 2.24) is 10.6 Å². The lowest BCUT2D eigenvalue weighted by Crippen LogP contribution is -2.35. The average molecular weight is 308 g/mol. The number of carbonyl (C=O) groups excluding carboxylic acids is 1. The summed E-state index contributed by atoms with van der Waals surface area (Å²) in [4.78, 5) is 10.8. The molecule has 124 valence electrons. The van der Waals surface area contributed by atoms with Crippen molar-refractivity contribution >= 4 is 5.91 Å². The molecular weight excluding hydrogens is 280 g/mol. The van der Waals surface area contributed by atoms with Gasteiger partial charge in [0.05, 0.1) is 0 Å². The molecule has 0 aliphatic rings. The second kappa shape index (κ2) is 10.2. The lowest BCUT2D eigenvalue weighted by molar-refractivity contribution is -0.118. The van der Waals surface area contributed by atoms with E-state index >= 15 is 0 Å². The molecule has 3 N–H and O–H groups in total. The second-order valence-corrected chi connectivity index (χ2v) is 5.76. The molecule has 5 nitrogen and oxygen atoms in total. The minimum Gasteiger partial charge on any atom is -0.491 e. The number of aryl methyl sites for hydroxylation is 1. The van der Waals surface area contributed by atoms with Gasteiger partial charge in [0.15, 0.2) is 0 Å². The van der Waals surface area contributed by atoms with E-state index in [1.165, 1.54) is 12.5 Å². The van der Waals surface area contributed by atoms with Crippen molar-refractivity contribution in [2.24, 2.45) is 0 Å². The predicted molar refractivity (Wildman–Crippen MR) is 88.1 cm³/mol. The van der Waals surface area contributed by atoms with Crippen LogP contribution in [0.15, 0.2) is 24.3 Å². The lowest BCUT2D eigenvalue weighted by Gasteiger charge is -2.15. The summed E-state index contributed by atoms with van der Waals surface area (Å²) in [6.07, 6.45) is 1.32. The molecule has 1 rings (SSSR count). The Morgan fingerprint density at radius 1 is 1.27 bits per heavy atom. The maximum atomic E-state index is 10.8. The van der Waals surface area contributed by atoms with Gasteiger partial charge in [-0.05, 0) is 30.5 Å². The SMILES string of the molecule is CC(=O)NCCCc1ccc(OCC(O)CNC(C)C)cc1. The first-order valence-electron chi connectivity index (χ1n) is 7.85. The number of benzene rings is 1. The molecule has 0 radical (unpaired) electrons. The van der Waals surface area contributed by atoms with Crippen LogP contribution in [0.1, 0.15) is 32.8 Å². The summed E-state index contributed by atoms with van der Waals surface area (Å²) >= 11 is 0. The highest BCUT2D eigenvalue weighted by atomic mass is 16.5. The third kappa shape index (κ3) is 8.64. The number of aliphatic hydroxyl groups excluding tert-OH is 1. The fraction of sp³-hybridized carbons (Fsp3) is 0.588. The summed E-state index contributed by atoms with van der Waals surface area (Å²) in [5.74, 6) is 0.767. The van der Waals surface area contributed by atoms with Gasteiger partial charge in [-0.2, -0.15) is 0 Å². The third-order valence-corrected chi connectivity index (χ3v) is 3.14. The summed E-state index contributed by atoms with van der Waals surface area (Å²) in [5.41, 5.74) is 1.21. The third-order valence-electron chi connectivity index (χ3n) is 3.14. The molecule has 0 fully saturated rings. The van der Waals surface area contributed by atoms with E-state index in [1.807, 2.05) is 38.1 Å². The highest BCUT2D eigenvalue weighted by Gasteiger charge is 2.06. The molecule has 0 aromatic heterocycles. The number of aliphatic hydroxyl groups is 1. The van der Waals surface area contributed by atoms with Crippen LogP contribution in [0.3, 0.4) is 0 Å². The molecule has 0 bridgehead atoms. The molecule has 1 atom stereocenters. The van der Waals surface area contributed by atoms with Crippen LogP contribution < -0.4 is 15.4 Å². The molecule has 1 aromatic rings. The Bertz CT molecular complexity index is 432. The van der Waals surface area contributed by atoms with Crippen LogP contribution in [0.4, 0.5) is 0 Å². The highest BCUT2D eigenvalue weighted by Crippen LogP contribution is 2.13. The monoisotopic (exact) mass is 308 g/mol. The Morgan fingerprint density at radius 2 is 1.95 bits per heavy atom. The van der Waals surface area contributed by atoms with Crippen molar-refractivity contribution in [2.75, 3.05) is 19.7 Å². The van der Waals surface area contributed by atoms with Crippen LogP contribution in [0.2, 0.25) is 0 Å². The molecule has 0 saturated carbocycles. The van der Waals surface area contributed by atoms with Crippen molar-refractivity contribution in [3.63, 3.8) is 0 Å². The van der Waals surface area contributed by atoms with Crippen molar-refractivity contribution in [3.05, 3.63) is 29.8 Å². The van der Waals surface area contributed by atoms with Crippen LogP contribution in [0, 0.1) is 0 Å². The zero-order chi connectivity index (χ0) is 16.4. The molecular formula is C17H28N2O3. The molecule has 5 heteroatoms. The average Bonchev–Trinajstić information content (AvgIpc) is 2.48. The quantitative estimate of drug-likeness (QED) is 0.573. The normalized spacial score (nSPS) is 12.2. The Morgan fingerprint density at radius 3 is 2.55 bits per heavy atom. The first-order chi connectivity index (χ1) is 10.5. The van der Waals surface area contributed by atoms with Gasteiger partial charge in [-0.1, -0.05) is 26.0 Å². The van der Waals surface area contributed by atoms with Crippen molar-refractivity contribution in [1.29, 1.82) is 0 Å². The Hall–Kier alpha value is -1.59. The minimum absolute atomic E-state index is 0.00858. The fourth-order valence-corrected chi connectivity index (χ4v) is 1.93. The first-order valence-corrected chi connectivity index (χ1v) is 7.85. The van der Waals surface area contributed by atoms with E-state index < -0.39 is 6.10 Å². The molecule has 0 aliphatic carbocycles. The number of ether oxygens (including phenoxy) is 1. The predicted octanol–water partition coefficient (Wildman–Crippen LogP) is 1.49. The number of hydrogen-bond acceptors (Lipinski definition) is 4. The van der Waals surface area contributed by atoms with Gasteiger partial charge in [-0.25, -0.2) is 0 Å². The topological polar surface area (TPSA) is 70.6 Å². The Labute approximate surface area is 133 Å². The van der Waals surface area contributed by atoms with Crippen molar-refractivity contribution in [3.8, 4) is 5.75 Å². The number of amides is 1. The molecule has 0 spiro atoms. The first kappa shape index (κ1) is 18.5. The Kier molecular flexibility index (Phi) is 8.55. The van der Waals surface area contributed by atoms with Gasteiger partial charge < -0.3 is 20.5 Å². The summed E-state index contributed by atoms with van der Waals surface area (Å²) in [6.45, 7) is 7.11. The van der Waals surface area contributed by atoms with E-state index in [0.29, 0.717) is 19.1 Å². The highest BCUT2D eigenvalue weighted by molar-refractivity contribution is 5.72. The summed E-state index contributed by atoms with van der Waals surface area (Å²) in [5, 5.41) is 15.7. The van der Waals surface area contributed by atoms with Gasteiger partial charge >= 0.3 is 0 Å². The van der Waals surface area contributed by atoms with Gasteiger partial charge in [-0.3, -0.25) is 4.79 Å². The largest absolute Gasteiger partial charge is 0.491 e. The number of rotatable bonds is 10. The van der Waals surface area contributed by atoms with E-state index in [-0.39, 0.29) is 12.5 Å². The van der Waals surface area contributed by atoms with Crippen molar-refractivity contribution in [2.45, 2.75) is 45.8 Å². The Balaban J connectivity index is 2.25. The van der Waals surface area contributed by atoms with Gasteiger partial charge in [0.1, 0.15) is 18.5 Å². The van der Waals surface area contributed by atoms with Crippen LogP contribution in [0.5, 0.6) is 5.75 Å². The molecule has 0 heterocycles. The zero-order valence-corrected chi connectivity index (χ0v) is 13.8. The maximum absolute atomic E-state index is 10.8. The number of hydrogen-bond donors (Lipinski definition) is 3. The van der Waals surface area contributed by atoms with Crippen LogP contribution >= 0.6 is 0 Å². The molecule has 22 heavy (non-hydrogen) atoms. The van der Waals surface area contributed by atoms with Gasteiger partial charge in [-0.15, -0.1) is 0 Å². The molecule has 1 amide bonds.